The first-order valence-electron chi connectivity index (χ1n) is 6.81. The quantitative estimate of drug-likeness (QED) is 0.843. The minimum atomic E-state index is 0.285. The highest BCUT2D eigenvalue weighted by molar-refractivity contribution is 6.32. The molecule has 0 atom stereocenters. The molecule has 1 aromatic rings. The van der Waals surface area contributed by atoms with Crippen molar-refractivity contribution in [3.63, 3.8) is 0 Å². The average Bonchev–Trinajstić information content (AvgIpc) is 3.14. The van der Waals surface area contributed by atoms with Crippen LogP contribution in [0.2, 0.25) is 5.02 Å². The molecule has 0 bridgehead atoms. The lowest BCUT2D eigenvalue weighted by Crippen LogP contribution is -2.26. The van der Waals surface area contributed by atoms with E-state index < -0.39 is 0 Å². The molecule has 3 heteroatoms. The molecule has 1 aromatic carbocycles. The third-order valence-corrected chi connectivity index (χ3v) is 4.11. The van der Waals surface area contributed by atoms with Crippen molar-refractivity contribution in [3.05, 3.63) is 28.3 Å². The van der Waals surface area contributed by atoms with Crippen LogP contribution in [0.25, 0.3) is 0 Å². The molecule has 1 saturated carbocycles. The molecular formula is C15H22ClNO. The summed E-state index contributed by atoms with van der Waals surface area (Å²) in [5.74, 6) is 1.18. The molecular weight excluding hydrogens is 246 g/mol. The van der Waals surface area contributed by atoms with E-state index in [0.29, 0.717) is 5.02 Å². The predicted octanol–water partition coefficient (Wildman–Crippen LogP) is 3.98. The topological polar surface area (TPSA) is 23.5 Å². The highest BCUT2D eigenvalue weighted by Gasteiger charge is 2.24. The molecule has 0 saturated heterocycles. The van der Waals surface area contributed by atoms with Gasteiger partial charge in [0.1, 0.15) is 5.75 Å². The third kappa shape index (κ3) is 3.39. The number of hydrogen-bond acceptors (Lipinski definition) is 2. The molecule has 1 N–H and O–H groups in total. The first-order chi connectivity index (χ1) is 8.61. The van der Waals surface area contributed by atoms with Crippen LogP contribution in [0.15, 0.2) is 12.1 Å². The van der Waals surface area contributed by atoms with Crippen molar-refractivity contribution in [3.8, 4) is 5.75 Å². The predicted molar refractivity (Wildman–Crippen MR) is 76.1 cm³/mol. The zero-order chi connectivity index (χ0) is 13.1. The van der Waals surface area contributed by atoms with Gasteiger partial charge in [0.2, 0.25) is 0 Å². The van der Waals surface area contributed by atoms with E-state index in [9.17, 15) is 5.11 Å². The number of benzene rings is 1. The summed E-state index contributed by atoms with van der Waals surface area (Å²) < 4.78 is 0. The zero-order valence-corrected chi connectivity index (χ0v) is 12.0. The van der Waals surface area contributed by atoms with Gasteiger partial charge in [0, 0.05) is 18.7 Å². The number of rotatable bonds is 6. The minimum absolute atomic E-state index is 0.285. The molecule has 0 amide bonds. The second kappa shape index (κ2) is 5.94. The molecule has 1 aliphatic rings. The lowest BCUT2D eigenvalue weighted by atomic mass is 10.1. The molecule has 0 aromatic heterocycles. The molecule has 100 valence electrons. The van der Waals surface area contributed by atoms with Crippen LogP contribution < -0.4 is 0 Å². The number of phenolic OH excluding ortho intramolecular Hbond substituents is 1. The Morgan fingerprint density at radius 2 is 2.11 bits per heavy atom. The minimum Gasteiger partial charge on any atom is -0.508 e. The molecule has 0 heterocycles. The van der Waals surface area contributed by atoms with Gasteiger partial charge in [0.05, 0.1) is 5.02 Å². The Morgan fingerprint density at radius 1 is 1.39 bits per heavy atom. The Morgan fingerprint density at radius 3 is 2.72 bits per heavy atom. The molecule has 0 spiro atoms. The van der Waals surface area contributed by atoms with Gasteiger partial charge in [-0.15, -0.1) is 0 Å². The maximum absolute atomic E-state index is 9.62. The van der Waals surface area contributed by atoms with E-state index in [2.05, 4.69) is 11.8 Å². The van der Waals surface area contributed by atoms with E-state index >= 15 is 0 Å². The number of hydrogen-bond donors (Lipinski definition) is 1. The van der Waals surface area contributed by atoms with Crippen molar-refractivity contribution in [1.29, 1.82) is 0 Å². The van der Waals surface area contributed by atoms with Crippen molar-refractivity contribution in [2.75, 3.05) is 13.1 Å². The summed E-state index contributed by atoms with van der Waals surface area (Å²) in [6.07, 6.45) is 3.92. The van der Waals surface area contributed by atoms with Gasteiger partial charge in [0.15, 0.2) is 0 Å². The highest BCUT2D eigenvalue weighted by Crippen LogP contribution is 2.32. The van der Waals surface area contributed by atoms with E-state index in [1.165, 1.54) is 25.8 Å². The van der Waals surface area contributed by atoms with Gasteiger partial charge in [-0.2, -0.15) is 0 Å². The van der Waals surface area contributed by atoms with Gasteiger partial charge < -0.3 is 5.11 Å². The summed E-state index contributed by atoms with van der Waals surface area (Å²) in [7, 11) is 0. The Bertz CT molecular complexity index is 415. The van der Waals surface area contributed by atoms with Crippen molar-refractivity contribution in [2.24, 2.45) is 5.92 Å². The fraction of sp³-hybridized carbons (Fsp3) is 0.600. The van der Waals surface area contributed by atoms with Gasteiger partial charge in [-0.25, -0.2) is 0 Å². The summed E-state index contributed by atoms with van der Waals surface area (Å²) in [5.41, 5.74) is 1.91. The number of halogens is 1. The molecule has 2 nitrogen and oxygen atoms in total. The van der Waals surface area contributed by atoms with Crippen LogP contribution in [-0.2, 0) is 6.54 Å². The largest absolute Gasteiger partial charge is 0.508 e. The standard InChI is InChI=1S/C15H22ClNO/c1-3-8-17(9-12-4-5-12)10-13-6-7-14(18)11(2)15(13)16/h6-7,12,18H,3-5,8-10H2,1-2H3. The number of nitrogens with zero attached hydrogens (tertiary/aromatic N) is 1. The first-order valence-corrected chi connectivity index (χ1v) is 7.19. The van der Waals surface area contributed by atoms with E-state index in [0.717, 1.165) is 30.1 Å². The Hall–Kier alpha value is -0.730. The molecule has 1 aliphatic carbocycles. The molecule has 0 unspecified atom stereocenters. The highest BCUT2D eigenvalue weighted by atomic mass is 35.5. The summed E-state index contributed by atoms with van der Waals surface area (Å²) in [6, 6.07) is 3.69. The van der Waals surface area contributed by atoms with Crippen LogP contribution in [-0.4, -0.2) is 23.1 Å². The molecule has 0 radical (unpaired) electrons. The summed E-state index contributed by atoms with van der Waals surface area (Å²) in [5, 5.41) is 10.3. The monoisotopic (exact) mass is 267 g/mol. The fourth-order valence-corrected chi connectivity index (χ4v) is 2.53. The Balaban J connectivity index is 2.07. The average molecular weight is 268 g/mol. The normalized spacial score (nSPS) is 15.3. The van der Waals surface area contributed by atoms with Gasteiger partial charge in [-0.3, -0.25) is 4.90 Å². The lowest BCUT2D eigenvalue weighted by molar-refractivity contribution is 0.255. The molecule has 2 rings (SSSR count). The van der Waals surface area contributed by atoms with Crippen LogP contribution >= 0.6 is 11.6 Å². The number of phenols is 1. The van der Waals surface area contributed by atoms with E-state index in [1.54, 1.807) is 6.07 Å². The van der Waals surface area contributed by atoms with Crippen LogP contribution in [0, 0.1) is 12.8 Å². The second-order valence-corrected chi connectivity index (χ2v) is 5.74. The molecule has 1 fully saturated rings. The van der Waals surface area contributed by atoms with Gasteiger partial charge in [-0.05, 0) is 50.3 Å². The Kier molecular flexibility index (Phi) is 4.52. The van der Waals surface area contributed by atoms with Crippen LogP contribution in [0.3, 0.4) is 0 Å². The van der Waals surface area contributed by atoms with Gasteiger partial charge in [-0.1, -0.05) is 24.6 Å². The van der Waals surface area contributed by atoms with Gasteiger partial charge in [0.25, 0.3) is 0 Å². The van der Waals surface area contributed by atoms with E-state index in [-0.39, 0.29) is 5.75 Å². The van der Waals surface area contributed by atoms with Crippen molar-refractivity contribution in [1.82, 2.24) is 4.90 Å². The van der Waals surface area contributed by atoms with Crippen LogP contribution in [0.4, 0.5) is 0 Å². The first kappa shape index (κ1) is 13.7. The third-order valence-electron chi connectivity index (χ3n) is 3.58. The smallest absolute Gasteiger partial charge is 0.119 e. The maximum Gasteiger partial charge on any atom is 0.119 e. The molecule has 0 aliphatic heterocycles. The van der Waals surface area contributed by atoms with Crippen LogP contribution in [0.1, 0.15) is 37.3 Å². The molecule has 18 heavy (non-hydrogen) atoms. The van der Waals surface area contributed by atoms with Crippen molar-refractivity contribution >= 4 is 11.6 Å². The SMILES string of the molecule is CCCN(Cc1ccc(O)c(C)c1Cl)CC1CC1. The van der Waals surface area contributed by atoms with Crippen molar-refractivity contribution < 1.29 is 5.11 Å². The van der Waals surface area contributed by atoms with E-state index in [1.807, 2.05) is 13.0 Å². The Labute approximate surface area is 115 Å². The maximum atomic E-state index is 9.62. The summed E-state index contributed by atoms with van der Waals surface area (Å²) in [4.78, 5) is 2.48. The van der Waals surface area contributed by atoms with Gasteiger partial charge >= 0.3 is 0 Å². The van der Waals surface area contributed by atoms with E-state index in [4.69, 9.17) is 11.6 Å². The van der Waals surface area contributed by atoms with Crippen LogP contribution in [0.5, 0.6) is 5.75 Å². The zero-order valence-electron chi connectivity index (χ0n) is 11.2. The lowest BCUT2D eigenvalue weighted by Gasteiger charge is -2.22. The summed E-state index contributed by atoms with van der Waals surface area (Å²) >= 11 is 6.31. The number of aromatic hydroxyl groups is 1. The fourth-order valence-electron chi connectivity index (χ4n) is 2.31. The second-order valence-electron chi connectivity index (χ2n) is 5.36. The van der Waals surface area contributed by atoms with Crippen molar-refractivity contribution in [2.45, 2.75) is 39.7 Å². The summed E-state index contributed by atoms with van der Waals surface area (Å²) in [6.45, 7) is 7.27.